The Morgan fingerprint density at radius 1 is 1.09 bits per heavy atom. The number of nitrogens with one attached hydrogen (secondary N) is 1. The summed E-state index contributed by atoms with van der Waals surface area (Å²) in [6, 6.07) is 8.50. The molecule has 2 aliphatic rings. The van der Waals surface area contributed by atoms with E-state index in [2.05, 4.69) is 17.1 Å². The highest BCUT2D eigenvalue weighted by Gasteiger charge is 2.37. The van der Waals surface area contributed by atoms with Gasteiger partial charge in [0.05, 0.1) is 11.3 Å². The van der Waals surface area contributed by atoms with Crippen molar-refractivity contribution in [2.45, 2.75) is 51.4 Å². The van der Waals surface area contributed by atoms with E-state index in [-0.39, 0.29) is 11.3 Å². The Labute approximate surface area is 185 Å². The van der Waals surface area contributed by atoms with Gasteiger partial charge in [0, 0.05) is 36.4 Å². The van der Waals surface area contributed by atoms with Gasteiger partial charge in [-0.1, -0.05) is 6.07 Å². The Kier molecular flexibility index (Phi) is 6.16. The number of carbonyl (C=O) groups is 1. The van der Waals surface area contributed by atoms with E-state index >= 15 is 0 Å². The van der Waals surface area contributed by atoms with Crippen LogP contribution in [-0.2, 0) is 6.18 Å². The Hall–Kier alpha value is -2.61. The zero-order valence-electron chi connectivity index (χ0n) is 18.2. The minimum Gasteiger partial charge on any atom is -0.370 e. The van der Waals surface area contributed by atoms with Crippen LogP contribution in [0.2, 0.25) is 0 Å². The van der Waals surface area contributed by atoms with Crippen molar-refractivity contribution in [3.05, 3.63) is 58.9 Å². The second kappa shape index (κ2) is 8.73. The molecule has 1 N–H and O–H groups in total. The smallest absolute Gasteiger partial charge is 0.370 e. The predicted octanol–water partition coefficient (Wildman–Crippen LogP) is 5.47. The fourth-order valence-electron chi connectivity index (χ4n) is 4.85. The summed E-state index contributed by atoms with van der Waals surface area (Å²) in [5, 5.41) is 2.33. The number of likely N-dealkylation sites (tertiary alicyclic amines) is 1. The third-order valence-corrected chi connectivity index (χ3v) is 6.60. The van der Waals surface area contributed by atoms with Crippen molar-refractivity contribution in [3.8, 4) is 0 Å². The Balaban J connectivity index is 1.56. The SMILES string of the molecule is Cc1ccc(F)cc1C(=O)Nc1ccc(N2CCC(N3CCCC3C)C2)cc1C(F)(F)F. The van der Waals surface area contributed by atoms with Crippen LogP contribution in [0.1, 0.15) is 47.7 Å². The molecular weight excluding hydrogens is 422 g/mol. The Morgan fingerprint density at radius 3 is 2.56 bits per heavy atom. The molecule has 4 nitrogen and oxygen atoms in total. The molecular formula is C24H27F4N3O. The average molecular weight is 449 g/mol. The largest absolute Gasteiger partial charge is 0.418 e. The summed E-state index contributed by atoms with van der Waals surface area (Å²) in [5.41, 5.74) is -0.265. The maximum Gasteiger partial charge on any atom is 0.418 e. The summed E-state index contributed by atoms with van der Waals surface area (Å²) in [6.07, 6.45) is -1.40. The van der Waals surface area contributed by atoms with Crippen molar-refractivity contribution in [3.63, 3.8) is 0 Å². The van der Waals surface area contributed by atoms with E-state index in [9.17, 15) is 22.4 Å². The standard InChI is InChI=1S/C24H27F4N3O/c1-15-5-6-17(25)12-20(15)23(32)29-22-8-7-18(13-21(22)24(26,27)28)30-11-9-19(14-30)31-10-3-4-16(31)2/h5-8,12-13,16,19H,3-4,9-11,14H2,1-2H3,(H,29,32). The van der Waals surface area contributed by atoms with E-state index in [1.807, 2.05) is 4.90 Å². The van der Waals surface area contributed by atoms with Crippen molar-refractivity contribution >= 4 is 17.3 Å². The molecule has 2 saturated heterocycles. The maximum atomic E-state index is 13.8. The lowest BCUT2D eigenvalue weighted by Crippen LogP contribution is -2.39. The summed E-state index contributed by atoms with van der Waals surface area (Å²) in [5.74, 6) is -1.40. The van der Waals surface area contributed by atoms with E-state index in [0.29, 0.717) is 36.4 Å². The first-order chi connectivity index (χ1) is 15.1. The van der Waals surface area contributed by atoms with Gasteiger partial charge >= 0.3 is 6.18 Å². The quantitative estimate of drug-likeness (QED) is 0.629. The highest BCUT2D eigenvalue weighted by molar-refractivity contribution is 6.05. The van der Waals surface area contributed by atoms with Crippen LogP contribution < -0.4 is 10.2 Å². The van der Waals surface area contributed by atoms with Gasteiger partial charge in [0.25, 0.3) is 5.91 Å². The molecule has 2 heterocycles. The number of amides is 1. The summed E-state index contributed by atoms with van der Waals surface area (Å²) in [4.78, 5) is 17.0. The van der Waals surface area contributed by atoms with Crippen LogP contribution in [0, 0.1) is 12.7 Å². The molecule has 2 aliphatic heterocycles. The first kappa shape index (κ1) is 22.6. The minimum atomic E-state index is -4.64. The molecule has 2 aromatic carbocycles. The predicted molar refractivity (Wildman–Crippen MR) is 117 cm³/mol. The van der Waals surface area contributed by atoms with E-state index in [1.54, 1.807) is 13.0 Å². The van der Waals surface area contributed by atoms with Gasteiger partial charge in [-0.3, -0.25) is 9.69 Å². The Morgan fingerprint density at radius 2 is 1.88 bits per heavy atom. The number of benzene rings is 2. The molecule has 0 saturated carbocycles. The number of hydrogen-bond donors (Lipinski definition) is 1. The van der Waals surface area contributed by atoms with Crippen molar-refractivity contribution in [1.82, 2.24) is 4.90 Å². The molecule has 0 aliphatic carbocycles. The number of halogens is 4. The second-order valence-electron chi connectivity index (χ2n) is 8.76. The molecule has 1 amide bonds. The molecule has 172 valence electrons. The number of alkyl halides is 3. The highest BCUT2D eigenvalue weighted by Crippen LogP contribution is 2.38. The molecule has 2 fully saturated rings. The summed E-state index contributed by atoms with van der Waals surface area (Å²) in [6.45, 7) is 6.23. The van der Waals surface area contributed by atoms with Crippen LogP contribution in [0.15, 0.2) is 36.4 Å². The van der Waals surface area contributed by atoms with E-state index in [0.717, 1.165) is 37.9 Å². The minimum absolute atomic E-state index is 0.00400. The zero-order chi connectivity index (χ0) is 23.0. The summed E-state index contributed by atoms with van der Waals surface area (Å²) in [7, 11) is 0. The third kappa shape index (κ3) is 4.60. The molecule has 32 heavy (non-hydrogen) atoms. The molecule has 2 unspecified atom stereocenters. The van der Waals surface area contributed by atoms with E-state index < -0.39 is 23.5 Å². The van der Waals surface area contributed by atoms with Gasteiger partial charge in [-0.15, -0.1) is 0 Å². The van der Waals surface area contributed by atoms with Gasteiger partial charge in [0.1, 0.15) is 5.82 Å². The lowest BCUT2D eigenvalue weighted by atomic mass is 10.1. The lowest BCUT2D eigenvalue weighted by molar-refractivity contribution is -0.136. The molecule has 0 bridgehead atoms. The number of rotatable bonds is 4. The van der Waals surface area contributed by atoms with E-state index in [4.69, 9.17) is 0 Å². The van der Waals surface area contributed by atoms with Crippen molar-refractivity contribution in [2.24, 2.45) is 0 Å². The number of hydrogen-bond acceptors (Lipinski definition) is 3. The van der Waals surface area contributed by atoms with Gasteiger partial charge in [0.15, 0.2) is 0 Å². The molecule has 2 aromatic rings. The topological polar surface area (TPSA) is 35.6 Å². The molecule has 8 heteroatoms. The normalized spacial score (nSPS) is 21.9. The van der Waals surface area contributed by atoms with Crippen molar-refractivity contribution in [1.29, 1.82) is 0 Å². The fraction of sp³-hybridized carbons (Fsp3) is 0.458. The van der Waals surface area contributed by atoms with E-state index in [1.165, 1.54) is 18.2 Å². The highest BCUT2D eigenvalue weighted by atomic mass is 19.4. The Bertz CT molecular complexity index is 1010. The number of aryl methyl sites for hydroxylation is 1. The summed E-state index contributed by atoms with van der Waals surface area (Å²) < 4.78 is 55.1. The van der Waals surface area contributed by atoms with Crippen LogP contribution in [0.5, 0.6) is 0 Å². The van der Waals surface area contributed by atoms with Gasteiger partial charge in [-0.25, -0.2) is 4.39 Å². The van der Waals surface area contributed by atoms with Gasteiger partial charge < -0.3 is 10.2 Å². The first-order valence-corrected chi connectivity index (χ1v) is 10.9. The monoisotopic (exact) mass is 449 g/mol. The molecule has 0 radical (unpaired) electrons. The maximum absolute atomic E-state index is 13.8. The number of nitrogens with zero attached hydrogens (tertiary/aromatic N) is 2. The van der Waals surface area contributed by atoms with Crippen molar-refractivity contribution < 1.29 is 22.4 Å². The molecule has 2 atom stereocenters. The average Bonchev–Trinajstić information content (AvgIpc) is 3.38. The molecule has 0 spiro atoms. The van der Waals surface area contributed by atoms with Crippen molar-refractivity contribution in [2.75, 3.05) is 29.9 Å². The third-order valence-electron chi connectivity index (χ3n) is 6.60. The number of anilines is 2. The van der Waals surface area contributed by atoms with Crippen LogP contribution in [0.25, 0.3) is 0 Å². The molecule has 0 aromatic heterocycles. The zero-order valence-corrected chi connectivity index (χ0v) is 18.2. The van der Waals surface area contributed by atoms with Crippen LogP contribution in [0.3, 0.4) is 0 Å². The van der Waals surface area contributed by atoms with Gasteiger partial charge in [-0.05, 0) is 75.5 Å². The molecule has 4 rings (SSSR count). The fourth-order valence-corrected chi connectivity index (χ4v) is 4.85. The van der Waals surface area contributed by atoms with Crippen LogP contribution >= 0.6 is 0 Å². The van der Waals surface area contributed by atoms with Gasteiger partial charge in [-0.2, -0.15) is 13.2 Å². The van der Waals surface area contributed by atoms with Gasteiger partial charge in [0.2, 0.25) is 0 Å². The summed E-state index contributed by atoms with van der Waals surface area (Å²) >= 11 is 0. The second-order valence-corrected chi connectivity index (χ2v) is 8.76. The van der Waals surface area contributed by atoms with Crippen LogP contribution in [-0.4, -0.2) is 42.5 Å². The lowest BCUT2D eigenvalue weighted by Gasteiger charge is -2.29. The van der Waals surface area contributed by atoms with Crippen LogP contribution in [0.4, 0.5) is 28.9 Å². The first-order valence-electron chi connectivity index (χ1n) is 10.9. The number of carbonyl (C=O) groups excluding carboxylic acids is 1.